The van der Waals surface area contributed by atoms with Gasteiger partial charge in [0.15, 0.2) is 0 Å². The zero-order valence-corrected chi connectivity index (χ0v) is 41.5. The monoisotopic (exact) mass is 944 g/mol. The molecule has 1 aliphatic rings. The Hall–Kier alpha value is -3.42. The van der Waals surface area contributed by atoms with Gasteiger partial charge in [0.25, 0.3) is 0 Å². The van der Waals surface area contributed by atoms with Crippen molar-refractivity contribution in [3.63, 3.8) is 0 Å². The number of hydrogen-bond acceptors (Lipinski definition) is 0. The van der Waals surface area contributed by atoms with Crippen LogP contribution in [-0.2, 0) is 47.9 Å². The molecule has 0 atom stereocenters. The van der Waals surface area contributed by atoms with Gasteiger partial charge in [-0.2, -0.15) is 6.08 Å². The maximum absolute atomic E-state index is 6.20. The third-order valence-corrected chi connectivity index (χ3v) is 11.9. The van der Waals surface area contributed by atoms with Crippen molar-refractivity contribution in [1.82, 2.24) is 0 Å². The Balaban J connectivity index is 0.000000265. The predicted molar refractivity (Wildman–Crippen MR) is 252 cm³/mol. The average molecular weight is 948 g/mol. The summed E-state index contributed by atoms with van der Waals surface area (Å²) in [5.41, 5.74) is 13.2. The van der Waals surface area contributed by atoms with Crippen LogP contribution in [0, 0.1) is 19.9 Å². The molecule has 0 fully saturated rings. The largest absolute Gasteiger partial charge is 1.00 e. The van der Waals surface area contributed by atoms with Crippen LogP contribution in [0.15, 0.2) is 146 Å². The minimum absolute atomic E-state index is 0. The molecule has 0 aliphatic heterocycles. The van der Waals surface area contributed by atoms with Crippen molar-refractivity contribution < 1.29 is 49.0 Å². The Labute approximate surface area is 396 Å². The summed E-state index contributed by atoms with van der Waals surface area (Å²) in [4.78, 5) is 0. The van der Waals surface area contributed by atoms with Crippen LogP contribution in [0.3, 0.4) is 0 Å². The summed E-state index contributed by atoms with van der Waals surface area (Å²) in [6.07, 6.45) is 12.2. The van der Waals surface area contributed by atoms with E-state index < -0.39 is 0 Å². The molecule has 5 heteroatoms. The molecular formula is C55H54Cl4Zr-2. The van der Waals surface area contributed by atoms with E-state index >= 15 is 0 Å². The summed E-state index contributed by atoms with van der Waals surface area (Å²) < 4.78 is 1.61. The molecule has 0 spiro atoms. The standard InChI is InChI=1S/C33H31Cl2.C17H18.C5H5.2ClH.Zr/c1-32(2,3)30-18-26-22(16-28(30)20-7-11-24(34)12-8-20)15-23-17-29(21-9-13-25(35)14-10-21)31(19-27(23)26)33(4,5)6;1-14-6-10-16(11-7-14)4-3-5-17-12-8-15(2)9-13-17;1-2-4-5-3-1;;;/h7-19H,1-6H3;6-13H,4-5H2,1-2H3;1-3H,4H2;2*1H;/q-1;;-1;;;+2/p-2. The van der Waals surface area contributed by atoms with E-state index in [0.717, 1.165) is 29.3 Å². The first kappa shape index (κ1) is 49.2. The second kappa shape index (κ2) is 21.6. The van der Waals surface area contributed by atoms with Crippen LogP contribution in [0.4, 0.5) is 0 Å². The third-order valence-electron chi connectivity index (χ3n) is 10.6. The third kappa shape index (κ3) is 13.1. The molecular weight excluding hydrogens is 894 g/mol. The Morgan fingerprint density at radius 2 is 0.967 bits per heavy atom. The summed E-state index contributed by atoms with van der Waals surface area (Å²) >= 11 is 13.9. The van der Waals surface area contributed by atoms with Crippen molar-refractivity contribution in [3.8, 4) is 22.3 Å². The molecule has 0 N–H and O–H groups in total. The SMILES string of the molecule is CC(C)(C)c1cc2c(cc1-c1ccc(Cl)cc1)[cH-]c1cc(-c3ccc(Cl)cc3)c(C(C)(C)C)cc12.Cc1ccc(C[C](=[Zr+2])Cc2ccc(C)cc2)cc1.[C-]1=CC=CC1.[Cl-].[Cl-]. The number of fused-ring (bicyclic) bond motifs is 3. The van der Waals surface area contributed by atoms with Crippen LogP contribution in [-0.4, -0.2) is 3.21 Å². The van der Waals surface area contributed by atoms with E-state index in [1.807, 2.05) is 36.4 Å². The Morgan fingerprint density at radius 3 is 1.27 bits per heavy atom. The van der Waals surface area contributed by atoms with E-state index in [0.29, 0.717) is 0 Å². The summed E-state index contributed by atoms with van der Waals surface area (Å²) in [6, 6.07) is 46.0. The van der Waals surface area contributed by atoms with Crippen LogP contribution in [0.1, 0.15) is 81.3 Å². The average Bonchev–Trinajstić information content (AvgIpc) is 3.88. The van der Waals surface area contributed by atoms with Crippen molar-refractivity contribution in [1.29, 1.82) is 0 Å². The number of halogens is 4. The summed E-state index contributed by atoms with van der Waals surface area (Å²) in [5.74, 6) is 0. The number of hydrogen-bond donors (Lipinski definition) is 0. The van der Waals surface area contributed by atoms with Gasteiger partial charge in [-0.15, -0.1) is 46.2 Å². The molecule has 0 amide bonds. The van der Waals surface area contributed by atoms with Crippen molar-refractivity contribution in [2.24, 2.45) is 0 Å². The van der Waals surface area contributed by atoms with Gasteiger partial charge in [-0.1, -0.05) is 101 Å². The van der Waals surface area contributed by atoms with E-state index in [-0.39, 0.29) is 35.6 Å². The zero-order chi connectivity index (χ0) is 41.6. The minimum Gasteiger partial charge on any atom is -1.00 e. The van der Waals surface area contributed by atoms with Crippen molar-refractivity contribution in [3.05, 3.63) is 195 Å². The first-order valence-corrected chi connectivity index (χ1v) is 22.2. The quantitative estimate of drug-likeness (QED) is 0.146. The molecule has 7 aromatic carbocycles. The smallest absolute Gasteiger partial charge is 0.109 e. The van der Waals surface area contributed by atoms with E-state index in [9.17, 15) is 0 Å². The molecule has 7 aromatic rings. The maximum atomic E-state index is 6.20. The molecule has 1 aliphatic carbocycles. The van der Waals surface area contributed by atoms with Crippen LogP contribution in [0.5, 0.6) is 0 Å². The van der Waals surface area contributed by atoms with Crippen molar-refractivity contribution >= 4 is 48.0 Å². The number of rotatable bonds is 6. The first-order valence-electron chi connectivity index (χ1n) is 20.2. The normalized spacial score (nSPS) is 11.9. The molecule has 0 unspecified atom stereocenters. The second-order valence-electron chi connectivity index (χ2n) is 17.6. The molecule has 0 radical (unpaired) electrons. The zero-order valence-electron chi connectivity index (χ0n) is 36.0. The summed E-state index contributed by atoms with van der Waals surface area (Å²) in [6.45, 7) is 18.0. The van der Waals surface area contributed by atoms with E-state index in [2.05, 4.69) is 171 Å². The van der Waals surface area contributed by atoms with Gasteiger partial charge in [0, 0.05) is 10.0 Å². The molecule has 0 heterocycles. The summed E-state index contributed by atoms with van der Waals surface area (Å²) in [7, 11) is 0. The molecule has 0 aromatic heterocycles. The van der Waals surface area contributed by atoms with Crippen LogP contribution < -0.4 is 24.8 Å². The molecule has 0 bridgehead atoms. The fourth-order valence-electron chi connectivity index (χ4n) is 7.39. The predicted octanol–water partition coefficient (Wildman–Crippen LogP) is 10.1. The number of benzene rings is 6. The van der Waals surface area contributed by atoms with Gasteiger partial charge in [0.1, 0.15) is 0 Å². The fourth-order valence-corrected chi connectivity index (χ4v) is 8.65. The van der Waals surface area contributed by atoms with Gasteiger partial charge in [-0.3, -0.25) is 6.08 Å². The first-order chi connectivity index (χ1) is 27.5. The van der Waals surface area contributed by atoms with Crippen molar-refractivity contribution in [2.45, 2.75) is 85.5 Å². The van der Waals surface area contributed by atoms with E-state index in [1.54, 1.807) is 27.4 Å². The van der Waals surface area contributed by atoms with Gasteiger partial charge >= 0.3 is 125 Å². The Morgan fingerprint density at radius 1 is 0.583 bits per heavy atom. The fraction of sp³-hybridized carbons (Fsp3) is 0.236. The van der Waals surface area contributed by atoms with Gasteiger partial charge < -0.3 is 24.8 Å². The van der Waals surface area contributed by atoms with Gasteiger partial charge in [0.05, 0.1) is 0 Å². The maximum Gasteiger partial charge on any atom is -0.109 e. The van der Waals surface area contributed by atoms with Gasteiger partial charge in [0.2, 0.25) is 0 Å². The van der Waals surface area contributed by atoms with Gasteiger partial charge in [-0.05, 0) is 68.5 Å². The minimum atomic E-state index is 0. The molecule has 60 heavy (non-hydrogen) atoms. The Bertz CT molecular complexity index is 2380. The molecule has 0 saturated carbocycles. The molecule has 308 valence electrons. The second-order valence-corrected chi connectivity index (χ2v) is 20.2. The molecule has 8 rings (SSSR count). The van der Waals surface area contributed by atoms with Crippen LogP contribution >= 0.6 is 23.2 Å². The van der Waals surface area contributed by atoms with Crippen LogP contribution in [0.2, 0.25) is 10.0 Å². The Kier molecular flexibility index (Phi) is 17.7. The number of allylic oxidation sites excluding steroid dienone is 4. The van der Waals surface area contributed by atoms with E-state index in [4.69, 9.17) is 23.2 Å². The van der Waals surface area contributed by atoms with Gasteiger partial charge in [-0.25, -0.2) is 12.2 Å². The number of aryl methyl sites for hydroxylation is 2. The van der Waals surface area contributed by atoms with Crippen LogP contribution in [0.25, 0.3) is 43.8 Å². The molecule has 0 saturated heterocycles. The van der Waals surface area contributed by atoms with E-state index in [1.165, 1.54) is 77.2 Å². The molecule has 0 nitrogen and oxygen atoms in total. The summed E-state index contributed by atoms with van der Waals surface area (Å²) in [5, 5.41) is 6.69. The van der Waals surface area contributed by atoms with Crippen molar-refractivity contribution in [2.75, 3.05) is 0 Å². The topological polar surface area (TPSA) is 0 Å².